The predicted molar refractivity (Wildman–Crippen MR) is 132 cm³/mol. The molecular formula is C25H20N10O. The van der Waals surface area contributed by atoms with Crippen molar-refractivity contribution in [2.24, 2.45) is 0 Å². The van der Waals surface area contributed by atoms with Gasteiger partial charge in [-0.2, -0.15) is 10.2 Å². The zero-order valence-corrected chi connectivity index (χ0v) is 19.0. The van der Waals surface area contributed by atoms with Crippen LogP contribution in [0.2, 0.25) is 0 Å². The highest BCUT2D eigenvalue weighted by molar-refractivity contribution is 5.81. The van der Waals surface area contributed by atoms with Crippen molar-refractivity contribution in [2.75, 3.05) is 0 Å². The van der Waals surface area contributed by atoms with Crippen LogP contribution < -0.4 is 10.6 Å². The number of carbonyl (C=O) groups excluding carboxylic acids is 1. The summed E-state index contributed by atoms with van der Waals surface area (Å²) in [5, 5.41) is 16.3. The van der Waals surface area contributed by atoms with Gasteiger partial charge in [0.2, 0.25) is 0 Å². The summed E-state index contributed by atoms with van der Waals surface area (Å²) in [5.41, 5.74) is 3.34. The van der Waals surface area contributed by atoms with E-state index in [4.69, 9.17) is 0 Å². The number of pyridine rings is 2. The van der Waals surface area contributed by atoms with Gasteiger partial charge < -0.3 is 10.6 Å². The van der Waals surface area contributed by atoms with Crippen molar-refractivity contribution in [2.45, 2.75) is 13.1 Å². The standard InChI is InChI=1S/C25H20N10O/c36-25(28-13-23-30-15-32-34(23)19-7-5-17-3-1-9-26-21(17)11-19)29-14-24-31-16-33-35(24)20-8-6-18-4-2-10-27-22(18)12-20/h1-12,15-16H,13-14H2,(H2,28,29,36). The van der Waals surface area contributed by atoms with E-state index in [0.29, 0.717) is 11.6 Å². The SMILES string of the molecule is O=C(NCc1ncnn1-c1ccc2cccnc2c1)NCc1ncnn1-c1ccc2cccnc2c1. The first kappa shape index (κ1) is 21.4. The number of amides is 2. The molecule has 0 radical (unpaired) electrons. The molecule has 11 nitrogen and oxygen atoms in total. The average Bonchev–Trinajstić information content (AvgIpc) is 3.60. The molecule has 0 saturated carbocycles. The molecule has 176 valence electrons. The topological polar surface area (TPSA) is 128 Å². The zero-order chi connectivity index (χ0) is 24.3. The summed E-state index contributed by atoms with van der Waals surface area (Å²) in [7, 11) is 0. The number of benzene rings is 2. The van der Waals surface area contributed by atoms with Crippen LogP contribution in [-0.2, 0) is 13.1 Å². The maximum absolute atomic E-state index is 12.5. The van der Waals surface area contributed by atoms with E-state index >= 15 is 0 Å². The predicted octanol–water partition coefficient (Wildman–Crippen LogP) is 2.94. The Labute approximate surface area is 204 Å². The van der Waals surface area contributed by atoms with E-state index in [1.807, 2.05) is 60.7 Å². The first-order valence-corrected chi connectivity index (χ1v) is 11.2. The Kier molecular flexibility index (Phi) is 5.47. The van der Waals surface area contributed by atoms with Crippen LogP contribution >= 0.6 is 0 Å². The summed E-state index contributed by atoms with van der Waals surface area (Å²) in [4.78, 5) is 29.9. The Morgan fingerprint density at radius 3 is 1.67 bits per heavy atom. The van der Waals surface area contributed by atoms with E-state index in [-0.39, 0.29) is 19.1 Å². The van der Waals surface area contributed by atoms with Gasteiger partial charge in [-0.3, -0.25) is 9.97 Å². The lowest BCUT2D eigenvalue weighted by Crippen LogP contribution is -2.36. The monoisotopic (exact) mass is 476 g/mol. The Morgan fingerprint density at radius 2 is 1.17 bits per heavy atom. The molecule has 0 unspecified atom stereocenters. The maximum atomic E-state index is 12.5. The number of hydrogen-bond acceptors (Lipinski definition) is 7. The highest BCUT2D eigenvalue weighted by Gasteiger charge is 2.12. The largest absolute Gasteiger partial charge is 0.331 e. The van der Waals surface area contributed by atoms with Crippen molar-refractivity contribution in [1.29, 1.82) is 0 Å². The van der Waals surface area contributed by atoms with Gasteiger partial charge in [0, 0.05) is 23.2 Å². The fourth-order valence-corrected chi connectivity index (χ4v) is 3.96. The molecule has 6 aromatic rings. The Morgan fingerprint density at radius 1 is 0.667 bits per heavy atom. The smallest absolute Gasteiger partial charge is 0.315 e. The van der Waals surface area contributed by atoms with E-state index in [0.717, 1.165) is 33.2 Å². The van der Waals surface area contributed by atoms with Crippen LogP contribution in [0.3, 0.4) is 0 Å². The van der Waals surface area contributed by atoms with Gasteiger partial charge in [0.1, 0.15) is 12.7 Å². The Bertz CT molecular complexity index is 1570. The quantitative estimate of drug-likeness (QED) is 0.378. The third kappa shape index (κ3) is 4.20. The van der Waals surface area contributed by atoms with Crippen LogP contribution in [0, 0.1) is 0 Å². The molecule has 2 N–H and O–H groups in total. The highest BCUT2D eigenvalue weighted by atomic mass is 16.2. The number of carbonyl (C=O) groups is 1. The first-order chi connectivity index (χ1) is 17.7. The van der Waals surface area contributed by atoms with E-state index < -0.39 is 0 Å². The maximum Gasteiger partial charge on any atom is 0.315 e. The average molecular weight is 477 g/mol. The van der Waals surface area contributed by atoms with Gasteiger partial charge in [-0.1, -0.05) is 24.3 Å². The molecular weight excluding hydrogens is 456 g/mol. The minimum atomic E-state index is -0.362. The summed E-state index contributed by atoms with van der Waals surface area (Å²) in [5.74, 6) is 1.18. The van der Waals surface area contributed by atoms with Crippen molar-refractivity contribution < 1.29 is 4.79 Å². The van der Waals surface area contributed by atoms with E-state index in [9.17, 15) is 4.79 Å². The van der Waals surface area contributed by atoms with Crippen LogP contribution in [0.4, 0.5) is 4.79 Å². The van der Waals surface area contributed by atoms with E-state index in [1.165, 1.54) is 12.7 Å². The minimum absolute atomic E-state index is 0.190. The molecule has 11 heteroatoms. The summed E-state index contributed by atoms with van der Waals surface area (Å²) < 4.78 is 3.36. The van der Waals surface area contributed by atoms with Crippen molar-refractivity contribution >= 4 is 27.8 Å². The van der Waals surface area contributed by atoms with Gasteiger partial charge in [-0.15, -0.1) is 0 Å². The lowest BCUT2D eigenvalue weighted by atomic mass is 10.2. The Hall–Kier alpha value is -5.19. The van der Waals surface area contributed by atoms with E-state index in [1.54, 1.807) is 21.8 Å². The normalized spacial score (nSPS) is 11.1. The first-order valence-electron chi connectivity index (χ1n) is 11.2. The van der Waals surface area contributed by atoms with Crippen LogP contribution in [-0.4, -0.2) is 45.5 Å². The fraction of sp³-hybridized carbons (Fsp3) is 0.0800. The second kappa shape index (κ2) is 9.22. The molecule has 0 aliphatic rings. The lowest BCUT2D eigenvalue weighted by molar-refractivity contribution is 0.239. The molecule has 0 spiro atoms. The van der Waals surface area contributed by atoms with Gasteiger partial charge in [0.25, 0.3) is 0 Å². The molecule has 0 fully saturated rings. The van der Waals surface area contributed by atoms with Gasteiger partial charge in [0.05, 0.1) is 35.5 Å². The number of nitrogens with one attached hydrogen (secondary N) is 2. The Balaban J connectivity index is 1.11. The van der Waals surface area contributed by atoms with Gasteiger partial charge in [-0.05, 0) is 36.4 Å². The van der Waals surface area contributed by atoms with Crippen molar-refractivity contribution in [3.05, 3.63) is 97.4 Å². The molecule has 0 atom stereocenters. The van der Waals surface area contributed by atoms with Crippen LogP contribution in [0.1, 0.15) is 11.6 Å². The summed E-state index contributed by atoms with van der Waals surface area (Å²) in [6, 6.07) is 19.1. The number of nitrogens with zero attached hydrogens (tertiary/aromatic N) is 8. The third-order valence-electron chi connectivity index (χ3n) is 5.72. The van der Waals surface area contributed by atoms with Gasteiger partial charge >= 0.3 is 6.03 Å². The summed E-state index contributed by atoms with van der Waals surface area (Å²) in [6.07, 6.45) is 6.41. The van der Waals surface area contributed by atoms with E-state index in [2.05, 4.69) is 40.8 Å². The van der Waals surface area contributed by atoms with Gasteiger partial charge in [0.15, 0.2) is 11.6 Å². The van der Waals surface area contributed by atoms with Crippen LogP contribution in [0.15, 0.2) is 85.7 Å². The van der Waals surface area contributed by atoms with Crippen molar-refractivity contribution in [3.63, 3.8) is 0 Å². The molecule has 0 aliphatic heterocycles. The molecule has 2 aromatic carbocycles. The second-order valence-electron chi connectivity index (χ2n) is 7.97. The number of urea groups is 1. The number of hydrogen-bond donors (Lipinski definition) is 2. The molecule has 6 rings (SSSR count). The molecule has 0 aliphatic carbocycles. The molecule has 2 amide bonds. The number of aromatic nitrogens is 8. The molecule has 36 heavy (non-hydrogen) atoms. The van der Waals surface area contributed by atoms with Crippen molar-refractivity contribution in [3.8, 4) is 11.4 Å². The highest BCUT2D eigenvalue weighted by Crippen LogP contribution is 2.18. The summed E-state index contributed by atoms with van der Waals surface area (Å²) >= 11 is 0. The van der Waals surface area contributed by atoms with Crippen LogP contribution in [0.5, 0.6) is 0 Å². The number of fused-ring (bicyclic) bond motifs is 2. The minimum Gasteiger partial charge on any atom is -0.331 e. The zero-order valence-electron chi connectivity index (χ0n) is 19.0. The molecule has 0 saturated heterocycles. The van der Waals surface area contributed by atoms with Gasteiger partial charge in [-0.25, -0.2) is 24.1 Å². The van der Waals surface area contributed by atoms with Crippen molar-refractivity contribution in [1.82, 2.24) is 50.1 Å². The number of rotatable bonds is 6. The lowest BCUT2D eigenvalue weighted by Gasteiger charge is -2.10. The molecule has 4 heterocycles. The third-order valence-corrected chi connectivity index (χ3v) is 5.72. The second-order valence-corrected chi connectivity index (χ2v) is 7.97. The molecule has 4 aromatic heterocycles. The summed E-state index contributed by atoms with van der Waals surface area (Å²) in [6.45, 7) is 0.379. The molecule has 0 bridgehead atoms. The fourth-order valence-electron chi connectivity index (χ4n) is 3.96. The van der Waals surface area contributed by atoms with Crippen LogP contribution in [0.25, 0.3) is 33.2 Å².